The first kappa shape index (κ1) is 14.0. The van der Waals surface area contributed by atoms with Crippen molar-refractivity contribution in [3.05, 3.63) is 77.0 Å². The van der Waals surface area contributed by atoms with E-state index in [1.807, 2.05) is 0 Å². The summed E-state index contributed by atoms with van der Waals surface area (Å²) in [6.45, 7) is 1.48. The van der Waals surface area contributed by atoms with Gasteiger partial charge in [-0.1, -0.05) is 12.1 Å². The van der Waals surface area contributed by atoms with Crippen LogP contribution in [0.2, 0.25) is 0 Å². The number of hydrogen-bond donors (Lipinski definition) is 2. The lowest BCUT2D eigenvalue weighted by molar-refractivity contribution is 0.101. The summed E-state index contributed by atoms with van der Waals surface area (Å²) in [7, 11) is 0. The first-order valence-electron chi connectivity index (χ1n) is 6.77. The summed E-state index contributed by atoms with van der Waals surface area (Å²) in [4.78, 5) is 15.9. The van der Waals surface area contributed by atoms with Crippen LogP contribution < -0.4 is 11.1 Å². The molecule has 3 N–H and O–H groups in total. The Balaban J connectivity index is 2.25. The topological polar surface area (TPSA) is 67.5 Å². The Morgan fingerprint density at radius 2 is 1.95 bits per heavy atom. The molecule has 0 atom stereocenters. The van der Waals surface area contributed by atoms with E-state index in [-0.39, 0.29) is 11.6 Å². The average molecular weight is 295 g/mol. The standard InChI is InChI=1S/C17H14FN3O/c1-10(22)11-6-7-15-13(8-11)17(20-9-16(19)21-15)12-4-2-3-5-14(12)18/h2-9,21H,19H2,1H3. The second kappa shape index (κ2) is 5.44. The van der Waals surface area contributed by atoms with Gasteiger partial charge in [-0.3, -0.25) is 9.79 Å². The van der Waals surface area contributed by atoms with Crippen LogP contribution in [0.15, 0.2) is 59.5 Å². The number of carbonyl (C=O) groups is 1. The van der Waals surface area contributed by atoms with Crippen LogP contribution in [0, 0.1) is 5.82 Å². The molecule has 0 saturated heterocycles. The summed E-state index contributed by atoms with van der Waals surface area (Å²) in [5.74, 6) is -0.0988. The number of nitrogens with zero attached hydrogens (tertiary/aromatic N) is 1. The van der Waals surface area contributed by atoms with E-state index >= 15 is 0 Å². The van der Waals surface area contributed by atoms with E-state index in [4.69, 9.17) is 5.73 Å². The van der Waals surface area contributed by atoms with Gasteiger partial charge >= 0.3 is 0 Å². The highest BCUT2D eigenvalue weighted by atomic mass is 19.1. The molecule has 1 aliphatic rings. The quantitative estimate of drug-likeness (QED) is 0.837. The first-order valence-corrected chi connectivity index (χ1v) is 6.77. The number of anilines is 1. The van der Waals surface area contributed by atoms with Crippen molar-refractivity contribution in [2.75, 3.05) is 5.32 Å². The first-order chi connectivity index (χ1) is 10.6. The molecule has 0 spiro atoms. The number of nitrogens with one attached hydrogen (secondary N) is 1. The summed E-state index contributed by atoms with van der Waals surface area (Å²) in [6, 6.07) is 11.5. The van der Waals surface area contributed by atoms with Gasteiger partial charge in [-0.2, -0.15) is 0 Å². The van der Waals surface area contributed by atoms with Gasteiger partial charge in [-0.05, 0) is 37.3 Å². The number of halogens is 1. The maximum atomic E-state index is 14.1. The number of nitrogens with two attached hydrogens (primary N) is 1. The minimum atomic E-state index is -0.380. The lowest BCUT2D eigenvalue weighted by Gasteiger charge is -2.13. The Morgan fingerprint density at radius 1 is 1.18 bits per heavy atom. The van der Waals surface area contributed by atoms with Crippen molar-refractivity contribution in [1.29, 1.82) is 0 Å². The highest BCUT2D eigenvalue weighted by Crippen LogP contribution is 2.26. The summed E-state index contributed by atoms with van der Waals surface area (Å²) >= 11 is 0. The van der Waals surface area contributed by atoms with Crippen LogP contribution in [0.5, 0.6) is 0 Å². The highest BCUT2D eigenvalue weighted by molar-refractivity contribution is 6.17. The van der Waals surface area contributed by atoms with Crippen molar-refractivity contribution >= 4 is 17.2 Å². The Bertz CT molecular complexity index is 824. The molecule has 0 aliphatic carbocycles. The lowest BCUT2D eigenvalue weighted by Crippen LogP contribution is -2.11. The van der Waals surface area contributed by atoms with Gasteiger partial charge in [0.2, 0.25) is 0 Å². The molecule has 0 amide bonds. The lowest BCUT2D eigenvalue weighted by atomic mass is 9.97. The molecule has 0 fully saturated rings. The number of carbonyl (C=O) groups excluding carboxylic acids is 1. The Labute approximate surface area is 127 Å². The zero-order valence-electron chi connectivity index (χ0n) is 11.9. The molecule has 22 heavy (non-hydrogen) atoms. The molecule has 1 heterocycles. The minimum absolute atomic E-state index is 0.0686. The van der Waals surface area contributed by atoms with E-state index in [1.165, 1.54) is 19.2 Å². The largest absolute Gasteiger partial charge is 0.384 e. The number of hydrogen-bond acceptors (Lipinski definition) is 4. The SMILES string of the molecule is CC(=O)c1ccc2c(c1)C(c1ccccc1F)=NC=C(N)N2. The van der Waals surface area contributed by atoms with Gasteiger partial charge in [0.1, 0.15) is 11.6 Å². The summed E-state index contributed by atoms with van der Waals surface area (Å²) in [6.07, 6.45) is 1.44. The molecule has 110 valence electrons. The van der Waals surface area contributed by atoms with Crippen LogP contribution in [0.3, 0.4) is 0 Å². The number of rotatable bonds is 2. The predicted molar refractivity (Wildman–Crippen MR) is 84.4 cm³/mol. The molecule has 1 aliphatic heterocycles. The highest BCUT2D eigenvalue weighted by Gasteiger charge is 2.18. The van der Waals surface area contributed by atoms with Crippen molar-refractivity contribution < 1.29 is 9.18 Å². The molecule has 0 unspecified atom stereocenters. The predicted octanol–water partition coefficient (Wildman–Crippen LogP) is 3.05. The van der Waals surface area contributed by atoms with Gasteiger partial charge < -0.3 is 11.1 Å². The van der Waals surface area contributed by atoms with Crippen molar-refractivity contribution in [2.45, 2.75) is 6.92 Å². The zero-order valence-corrected chi connectivity index (χ0v) is 11.9. The average Bonchev–Trinajstić information content (AvgIpc) is 2.65. The van der Waals surface area contributed by atoms with Gasteiger partial charge in [-0.15, -0.1) is 0 Å². The smallest absolute Gasteiger partial charge is 0.159 e. The van der Waals surface area contributed by atoms with Gasteiger partial charge in [0.05, 0.1) is 11.9 Å². The summed E-state index contributed by atoms with van der Waals surface area (Å²) < 4.78 is 14.1. The van der Waals surface area contributed by atoms with Gasteiger partial charge in [0.15, 0.2) is 5.78 Å². The molecule has 0 saturated carbocycles. The Hall–Kier alpha value is -2.95. The monoisotopic (exact) mass is 295 g/mol. The molecule has 0 radical (unpaired) electrons. The minimum Gasteiger partial charge on any atom is -0.384 e. The fraction of sp³-hybridized carbons (Fsp3) is 0.0588. The number of benzene rings is 2. The van der Waals surface area contributed by atoms with E-state index in [2.05, 4.69) is 10.3 Å². The third kappa shape index (κ3) is 2.48. The van der Waals surface area contributed by atoms with Crippen molar-refractivity contribution in [2.24, 2.45) is 10.7 Å². The van der Waals surface area contributed by atoms with Crippen molar-refractivity contribution in [3.8, 4) is 0 Å². The van der Waals surface area contributed by atoms with Crippen LogP contribution in [0.1, 0.15) is 28.4 Å². The second-order valence-corrected chi connectivity index (χ2v) is 4.98. The zero-order chi connectivity index (χ0) is 15.7. The Morgan fingerprint density at radius 3 is 2.68 bits per heavy atom. The maximum Gasteiger partial charge on any atom is 0.159 e. The van der Waals surface area contributed by atoms with Crippen LogP contribution >= 0.6 is 0 Å². The molecule has 0 aromatic heterocycles. The molecular formula is C17H14FN3O. The summed E-state index contributed by atoms with van der Waals surface area (Å²) in [5.41, 5.74) is 8.45. The third-order valence-corrected chi connectivity index (χ3v) is 3.42. The van der Waals surface area contributed by atoms with Gasteiger partial charge in [-0.25, -0.2) is 4.39 Å². The fourth-order valence-electron chi connectivity index (χ4n) is 2.33. The molecule has 2 aromatic rings. The van der Waals surface area contributed by atoms with Gasteiger partial charge in [0.25, 0.3) is 0 Å². The third-order valence-electron chi connectivity index (χ3n) is 3.42. The molecule has 4 nitrogen and oxygen atoms in total. The normalized spacial score (nSPS) is 13.4. The molecular weight excluding hydrogens is 281 g/mol. The maximum absolute atomic E-state index is 14.1. The van der Waals surface area contributed by atoms with Crippen LogP contribution in [0.25, 0.3) is 0 Å². The van der Waals surface area contributed by atoms with E-state index in [0.717, 1.165) is 0 Å². The molecule has 0 bridgehead atoms. The fourth-order valence-corrected chi connectivity index (χ4v) is 2.33. The van der Waals surface area contributed by atoms with Crippen molar-refractivity contribution in [1.82, 2.24) is 0 Å². The summed E-state index contributed by atoms with van der Waals surface area (Å²) in [5, 5.41) is 3.00. The second-order valence-electron chi connectivity index (χ2n) is 4.98. The Kier molecular flexibility index (Phi) is 3.47. The van der Waals surface area contributed by atoms with Crippen LogP contribution in [0.4, 0.5) is 10.1 Å². The van der Waals surface area contributed by atoms with E-state index in [0.29, 0.717) is 33.9 Å². The van der Waals surface area contributed by atoms with E-state index in [9.17, 15) is 9.18 Å². The number of aliphatic imine (C=N–C) groups is 1. The van der Waals surface area contributed by atoms with Crippen molar-refractivity contribution in [3.63, 3.8) is 0 Å². The number of Topliss-reactive ketones (excluding diaryl/α,β-unsaturated/α-hetero) is 1. The van der Waals surface area contributed by atoms with Crippen LogP contribution in [-0.4, -0.2) is 11.5 Å². The molecule has 3 rings (SSSR count). The van der Waals surface area contributed by atoms with E-state index in [1.54, 1.807) is 36.4 Å². The van der Waals surface area contributed by atoms with E-state index < -0.39 is 0 Å². The number of fused-ring (bicyclic) bond motifs is 1. The molecule has 2 aromatic carbocycles. The number of ketones is 1. The molecule has 5 heteroatoms. The van der Waals surface area contributed by atoms with Crippen LogP contribution in [-0.2, 0) is 0 Å². The van der Waals surface area contributed by atoms with Gasteiger partial charge in [0, 0.05) is 22.4 Å².